The predicted molar refractivity (Wildman–Crippen MR) is 79.3 cm³/mol. The Morgan fingerprint density at radius 2 is 2.06 bits per heavy atom. The van der Waals surface area contributed by atoms with E-state index in [9.17, 15) is 4.39 Å². The molecule has 2 rings (SSSR count). The van der Waals surface area contributed by atoms with Crippen molar-refractivity contribution in [1.82, 2.24) is 5.32 Å². The summed E-state index contributed by atoms with van der Waals surface area (Å²) in [6.07, 6.45) is 0. The molecule has 0 radical (unpaired) electrons. The van der Waals surface area contributed by atoms with Gasteiger partial charge in [-0.25, -0.2) is 4.39 Å². The van der Waals surface area contributed by atoms with Crippen LogP contribution in [0.3, 0.4) is 0 Å². The van der Waals surface area contributed by atoms with Gasteiger partial charge in [0, 0.05) is 10.4 Å². The average molecular weight is 369 g/mol. The summed E-state index contributed by atoms with van der Waals surface area (Å²) in [5.74, 6) is -0.404. The van der Waals surface area contributed by atoms with Gasteiger partial charge in [0.15, 0.2) is 0 Å². The first-order chi connectivity index (χ1) is 8.54. The van der Waals surface area contributed by atoms with E-state index in [2.05, 4.69) is 21.2 Å². The number of rotatable bonds is 3. The van der Waals surface area contributed by atoms with E-state index in [4.69, 9.17) is 23.2 Å². The van der Waals surface area contributed by atoms with E-state index in [1.165, 1.54) is 17.4 Å². The fourth-order valence-corrected chi connectivity index (χ4v) is 3.76. The van der Waals surface area contributed by atoms with Gasteiger partial charge < -0.3 is 5.32 Å². The molecule has 0 aliphatic rings. The number of nitrogens with one attached hydrogen (secondary N) is 1. The van der Waals surface area contributed by atoms with Gasteiger partial charge in [0.25, 0.3) is 0 Å². The summed E-state index contributed by atoms with van der Waals surface area (Å²) in [6, 6.07) is 6.53. The molecule has 0 amide bonds. The van der Waals surface area contributed by atoms with Crippen LogP contribution in [0.1, 0.15) is 16.5 Å². The highest BCUT2D eigenvalue weighted by atomic mass is 79.9. The van der Waals surface area contributed by atoms with Crippen LogP contribution in [0.2, 0.25) is 10.0 Å². The van der Waals surface area contributed by atoms with Gasteiger partial charge >= 0.3 is 0 Å². The summed E-state index contributed by atoms with van der Waals surface area (Å²) in [5.41, 5.74) is 0.510. The van der Waals surface area contributed by atoms with Crippen molar-refractivity contribution in [2.75, 3.05) is 7.05 Å². The Labute approximate surface area is 127 Å². The van der Waals surface area contributed by atoms with Crippen LogP contribution in [-0.4, -0.2) is 7.05 Å². The van der Waals surface area contributed by atoms with E-state index >= 15 is 0 Å². The number of hydrogen-bond acceptors (Lipinski definition) is 2. The minimum absolute atomic E-state index is 0.120. The summed E-state index contributed by atoms with van der Waals surface area (Å²) < 4.78 is 14.9. The van der Waals surface area contributed by atoms with Crippen molar-refractivity contribution >= 4 is 50.5 Å². The summed E-state index contributed by atoms with van der Waals surface area (Å²) >= 11 is 16.6. The topological polar surface area (TPSA) is 12.0 Å². The third-order valence-electron chi connectivity index (χ3n) is 2.53. The van der Waals surface area contributed by atoms with Gasteiger partial charge in [-0.15, -0.1) is 11.3 Å². The Kier molecular flexibility index (Phi) is 4.67. The normalized spacial score (nSPS) is 12.7. The fourth-order valence-electron chi connectivity index (χ4n) is 1.70. The second kappa shape index (κ2) is 5.88. The van der Waals surface area contributed by atoms with Crippen LogP contribution in [0, 0.1) is 5.82 Å². The molecule has 0 saturated heterocycles. The second-order valence-electron chi connectivity index (χ2n) is 3.64. The number of halogens is 4. The molecule has 0 aliphatic carbocycles. The van der Waals surface area contributed by atoms with E-state index in [-0.39, 0.29) is 11.1 Å². The third-order valence-corrected chi connectivity index (χ3v) is 5.36. The Morgan fingerprint density at radius 3 is 2.61 bits per heavy atom. The number of thiophene rings is 1. The van der Waals surface area contributed by atoms with Crippen LogP contribution in [-0.2, 0) is 0 Å². The molecule has 1 N–H and O–H groups in total. The molecule has 1 aromatic heterocycles. The lowest BCUT2D eigenvalue weighted by molar-refractivity contribution is 0.580. The van der Waals surface area contributed by atoms with Crippen molar-refractivity contribution in [1.29, 1.82) is 0 Å². The van der Waals surface area contributed by atoms with Gasteiger partial charge in [-0.3, -0.25) is 0 Å². The zero-order valence-corrected chi connectivity index (χ0v) is 13.2. The molecule has 0 saturated carbocycles. The molecular formula is C12H9BrCl2FNS. The van der Waals surface area contributed by atoms with Crippen molar-refractivity contribution in [2.45, 2.75) is 6.04 Å². The molecular weight excluding hydrogens is 360 g/mol. The van der Waals surface area contributed by atoms with Gasteiger partial charge in [-0.2, -0.15) is 0 Å². The van der Waals surface area contributed by atoms with Gasteiger partial charge in [0.05, 0.1) is 19.9 Å². The maximum atomic E-state index is 14.0. The molecule has 1 heterocycles. The third kappa shape index (κ3) is 2.73. The average Bonchev–Trinajstić information content (AvgIpc) is 2.66. The van der Waals surface area contributed by atoms with Gasteiger partial charge in [-0.05, 0) is 35.1 Å². The molecule has 2 aromatic rings. The molecule has 1 aromatic carbocycles. The van der Waals surface area contributed by atoms with Crippen molar-refractivity contribution in [2.24, 2.45) is 0 Å². The highest BCUT2D eigenvalue weighted by Crippen LogP contribution is 2.38. The molecule has 6 heteroatoms. The quantitative estimate of drug-likeness (QED) is 0.778. The highest BCUT2D eigenvalue weighted by Gasteiger charge is 2.20. The molecule has 0 fully saturated rings. The highest BCUT2D eigenvalue weighted by molar-refractivity contribution is 9.11. The number of hydrogen-bond donors (Lipinski definition) is 1. The number of benzene rings is 1. The SMILES string of the molecule is CNC(c1cc(Cl)c(Br)s1)c1cccc(Cl)c1F. The Bertz CT molecular complexity index is 554. The van der Waals surface area contributed by atoms with Crippen LogP contribution < -0.4 is 5.32 Å². The molecule has 0 aliphatic heterocycles. The first kappa shape index (κ1) is 14.3. The minimum Gasteiger partial charge on any atom is -0.309 e. The van der Waals surface area contributed by atoms with Crippen molar-refractivity contribution in [3.63, 3.8) is 0 Å². The summed E-state index contributed by atoms with van der Waals surface area (Å²) in [4.78, 5) is 0.926. The van der Waals surface area contributed by atoms with Crippen LogP contribution in [0.25, 0.3) is 0 Å². The zero-order chi connectivity index (χ0) is 13.3. The predicted octanol–water partition coefficient (Wildman–Crippen LogP) is 5.27. The lowest BCUT2D eigenvalue weighted by atomic mass is 10.1. The van der Waals surface area contributed by atoms with Gasteiger partial charge in [-0.1, -0.05) is 35.3 Å². The zero-order valence-electron chi connectivity index (χ0n) is 9.31. The smallest absolute Gasteiger partial charge is 0.146 e. The van der Waals surface area contributed by atoms with Crippen LogP contribution in [0.5, 0.6) is 0 Å². The maximum Gasteiger partial charge on any atom is 0.146 e. The summed E-state index contributed by atoms with van der Waals surface area (Å²) in [5, 5.41) is 3.82. The molecule has 96 valence electrons. The summed E-state index contributed by atoms with van der Waals surface area (Å²) in [6.45, 7) is 0. The summed E-state index contributed by atoms with van der Waals surface area (Å²) in [7, 11) is 1.77. The second-order valence-corrected chi connectivity index (χ2v) is 6.85. The van der Waals surface area contributed by atoms with Crippen LogP contribution in [0.4, 0.5) is 4.39 Å². The monoisotopic (exact) mass is 367 g/mol. The molecule has 0 spiro atoms. The van der Waals surface area contributed by atoms with E-state index < -0.39 is 5.82 Å². The van der Waals surface area contributed by atoms with Crippen molar-refractivity contribution < 1.29 is 4.39 Å². The van der Waals surface area contributed by atoms with Crippen LogP contribution >= 0.6 is 50.5 Å². The minimum atomic E-state index is -0.404. The van der Waals surface area contributed by atoms with Gasteiger partial charge in [0.2, 0.25) is 0 Å². The van der Waals surface area contributed by atoms with Gasteiger partial charge in [0.1, 0.15) is 5.82 Å². The lowest BCUT2D eigenvalue weighted by Gasteiger charge is -2.16. The van der Waals surface area contributed by atoms with E-state index in [0.717, 1.165) is 8.66 Å². The Morgan fingerprint density at radius 1 is 1.33 bits per heavy atom. The van der Waals surface area contributed by atoms with E-state index in [1.807, 2.05) is 6.07 Å². The first-order valence-electron chi connectivity index (χ1n) is 5.10. The van der Waals surface area contributed by atoms with Crippen molar-refractivity contribution in [3.8, 4) is 0 Å². The lowest BCUT2D eigenvalue weighted by Crippen LogP contribution is -2.17. The molecule has 0 bridgehead atoms. The van der Waals surface area contributed by atoms with E-state index in [0.29, 0.717) is 10.6 Å². The molecule has 1 unspecified atom stereocenters. The molecule has 18 heavy (non-hydrogen) atoms. The van der Waals surface area contributed by atoms with E-state index in [1.54, 1.807) is 19.2 Å². The van der Waals surface area contributed by atoms with Crippen LogP contribution in [0.15, 0.2) is 28.1 Å². The fraction of sp³-hybridized carbons (Fsp3) is 0.167. The molecule has 1 atom stereocenters. The first-order valence-corrected chi connectivity index (χ1v) is 7.47. The standard InChI is InChI=1S/C12H9BrCl2FNS/c1-17-11(9-5-8(15)12(13)18-9)6-3-2-4-7(14)10(6)16/h2-5,11,17H,1H3. The Hall–Kier alpha value is -0.130. The Balaban J connectivity index is 2.48. The molecule has 1 nitrogen and oxygen atoms in total. The van der Waals surface area contributed by atoms with Crippen molar-refractivity contribution in [3.05, 3.63) is 54.4 Å². The maximum absolute atomic E-state index is 14.0. The largest absolute Gasteiger partial charge is 0.309 e.